The number of hydrogen-bond donors (Lipinski definition) is 3. The molecule has 3 aromatic rings. The van der Waals surface area contributed by atoms with E-state index in [1.165, 1.54) is 4.57 Å². The van der Waals surface area contributed by atoms with Gasteiger partial charge < -0.3 is 19.1 Å². The molecule has 9 heteroatoms. The van der Waals surface area contributed by atoms with E-state index in [4.69, 9.17) is 9.47 Å². The maximum atomic E-state index is 13.1. The van der Waals surface area contributed by atoms with Crippen LogP contribution in [0.2, 0.25) is 0 Å². The zero-order valence-corrected chi connectivity index (χ0v) is 16.0. The van der Waals surface area contributed by atoms with E-state index in [1.54, 1.807) is 37.4 Å². The van der Waals surface area contributed by atoms with Crippen LogP contribution in [0.5, 0.6) is 17.2 Å². The molecule has 0 fully saturated rings. The van der Waals surface area contributed by atoms with Crippen LogP contribution in [0.15, 0.2) is 52.3 Å². The Balaban J connectivity index is 1.61. The average Bonchev–Trinajstić information content (AvgIpc) is 3.14. The van der Waals surface area contributed by atoms with Crippen molar-refractivity contribution in [3.05, 3.63) is 63.9 Å². The van der Waals surface area contributed by atoms with Gasteiger partial charge in [0, 0.05) is 18.9 Å². The number of fused-ring (bicyclic) bond motifs is 2. The topological polar surface area (TPSA) is 114 Å². The summed E-state index contributed by atoms with van der Waals surface area (Å²) in [5, 5.41) is 11.4. The highest BCUT2D eigenvalue weighted by Crippen LogP contribution is 2.36. The van der Waals surface area contributed by atoms with Gasteiger partial charge in [-0.05, 0) is 29.8 Å². The second kappa shape index (κ2) is 6.89. The number of aryl methyl sites for hydroxylation is 1. The molecular formula is C21H18N4O5. The molecule has 152 valence electrons. The number of benzene rings is 2. The van der Waals surface area contributed by atoms with Crippen molar-refractivity contribution in [1.29, 1.82) is 0 Å². The number of aromatic nitrogens is 1. The minimum absolute atomic E-state index is 0.0146. The van der Waals surface area contributed by atoms with Crippen LogP contribution in [0.3, 0.4) is 0 Å². The highest BCUT2D eigenvalue weighted by Gasteiger charge is 2.27. The molecule has 5 rings (SSSR count). The van der Waals surface area contributed by atoms with Crippen LogP contribution in [0.1, 0.15) is 23.6 Å². The van der Waals surface area contributed by atoms with Crippen LogP contribution in [0, 0.1) is 0 Å². The Morgan fingerprint density at radius 2 is 1.93 bits per heavy atom. The van der Waals surface area contributed by atoms with Crippen LogP contribution >= 0.6 is 0 Å². The van der Waals surface area contributed by atoms with Crippen molar-refractivity contribution in [3.63, 3.8) is 0 Å². The van der Waals surface area contributed by atoms with Crippen molar-refractivity contribution < 1.29 is 19.4 Å². The molecular weight excluding hydrogens is 388 g/mol. The number of para-hydroxylation sites is 1. The van der Waals surface area contributed by atoms with Crippen LogP contribution in [-0.4, -0.2) is 28.2 Å². The van der Waals surface area contributed by atoms with E-state index in [9.17, 15) is 14.7 Å². The number of carbonyl (C=O) groups is 1. The highest BCUT2D eigenvalue weighted by molar-refractivity contribution is 6.11. The third-order valence-electron chi connectivity index (χ3n) is 5.35. The quantitative estimate of drug-likeness (QED) is 0.601. The first-order chi connectivity index (χ1) is 14.5. The molecule has 1 unspecified atom stereocenters. The van der Waals surface area contributed by atoms with Gasteiger partial charge in [-0.3, -0.25) is 10.2 Å². The summed E-state index contributed by atoms with van der Waals surface area (Å²) < 4.78 is 12.2. The van der Waals surface area contributed by atoms with E-state index in [0.29, 0.717) is 22.4 Å². The van der Waals surface area contributed by atoms with E-state index in [2.05, 4.69) is 15.8 Å². The van der Waals surface area contributed by atoms with Crippen LogP contribution in [0.4, 0.5) is 4.79 Å². The van der Waals surface area contributed by atoms with Crippen molar-refractivity contribution >= 4 is 22.6 Å². The lowest BCUT2D eigenvalue weighted by atomic mass is 9.96. The number of amides is 2. The molecule has 3 N–H and O–H groups in total. The number of aliphatic imine (C=N–C) groups is 1. The van der Waals surface area contributed by atoms with Gasteiger partial charge in [-0.1, -0.05) is 18.2 Å². The summed E-state index contributed by atoms with van der Waals surface area (Å²) in [5.41, 5.74) is 6.63. The smallest absolute Gasteiger partial charge is 0.355 e. The second-order valence-electron chi connectivity index (χ2n) is 7.11. The Kier molecular flexibility index (Phi) is 4.18. The zero-order valence-electron chi connectivity index (χ0n) is 16.0. The number of urea groups is 1. The summed E-state index contributed by atoms with van der Waals surface area (Å²) in [6.07, 6.45) is 0.194. The molecule has 2 aliphatic heterocycles. The van der Waals surface area contributed by atoms with Crippen molar-refractivity contribution in [1.82, 2.24) is 15.4 Å². The number of ether oxygens (including phenoxy) is 2. The second-order valence-corrected chi connectivity index (χ2v) is 7.11. The summed E-state index contributed by atoms with van der Waals surface area (Å²) in [6, 6.07) is 11.4. The number of rotatable bonds is 2. The molecule has 2 aromatic carbocycles. The van der Waals surface area contributed by atoms with Crippen molar-refractivity contribution in [2.75, 3.05) is 6.79 Å². The number of hydrogen-bond acceptors (Lipinski definition) is 6. The van der Waals surface area contributed by atoms with Crippen molar-refractivity contribution in [2.45, 2.75) is 12.5 Å². The first kappa shape index (κ1) is 18.2. The van der Waals surface area contributed by atoms with Gasteiger partial charge in [0.25, 0.3) is 5.56 Å². The lowest BCUT2D eigenvalue weighted by molar-refractivity contribution is 0.174. The Hall–Kier alpha value is -3.85. The summed E-state index contributed by atoms with van der Waals surface area (Å²) in [6.45, 7) is 0.154. The average molecular weight is 406 g/mol. The van der Waals surface area contributed by atoms with Crippen LogP contribution < -0.4 is 25.9 Å². The fourth-order valence-electron chi connectivity index (χ4n) is 3.82. The number of carbonyl (C=O) groups excluding carboxylic acids is 1. The molecule has 0 saturated heterocycles. The summed E-state index contributed by atoms with van der Waals surface area (Å²) >= 11 is 0. The number of nitrogens with zero attached hydrogens (tertiary/aromatic N) is 2. The van der Waals surface area contributed by atoms with Gasteiger partial charge in [0.15, 0.2) is 11.5 Å². The number of aromatic hydroxyl groups is 1. The van der Waals surface area contributed by atoms with Crippen LogP contribution in [0.25, 0.3) is 10.9 Å². The molecule has 30 heavy (non-hydrogen) atoms. The van der Waals surface area contributed by atoms with Gasteiger partial charge in [0.1, 0.15) is 11.3 Å². The molecule has 2 amide bonds. The fraction of sp³-hybridized carbons (Fsp3) is 0.190. The maximum Gasteiger partial charge on any atom is 0.355 e. The van der Waals surface area contributed by atoms with Crippen molar-refractivity contribution in [2.24, 2.45) is 12.0 Å². The van der Waals surface area contributed by atoms with Crippen LogP contribution in [-0.2, 0) is 7.05 Å². The number of pyridine rings is 1. The SMILES string of the molecule is Cn1c(=O)c(C2=NC(=O)NNC(c3ccc4c(c3)OCO4)C2)c(O)c2ccccc21. The molecule has 0 aliphatic carbocycles. The Morgan fingerprint density at radius 1 is 1.13 bits per heavy atom. The number of nitrogens with one attached hydrogen (secondary N) is 2. The standard InChI is InChI=1S/C21H18N4O5/c1-25-15-5-3-2-4-12(15)19(26)18(20(25)27)14-9-13(23-24-21(28)22-14)11-6-7-16-17(8-11)30-10-29-16/h2-8,13,23,26H,9-10H2,1H3,(H,24,28). The first-order valence-electron chi connectivity index (χ1n) is 9.36. The predicted octanol–water partition coefficient (Wildman–Crippen LogP) is 2.12. The zero-order chi connectivity index (χ0) is 20.8. The van der Waals surface area contributed by atoms with Gasteiger partial charge in [-0.2, -0.15) is 4.99 Å². The molecule has 0 radical (unpaired) electrons. The molecule has 3 heterocycles. The molecule has 0 saturated carbocycles. The van der Waals surface area contributed by atoms with Gasteiger partial charge in [0.2, 0.25) is 6.79 Å². The Bertz CT molecular complexity index is 1280. The van der Waals surface area contributed by atoms with E-state index in [-0.39, 0.29) is 30.2 Å². The summed E-state index contributed by atoms with van der Waals surface area (Å²) in [4.78, 5) is 29.3. The lowest BCUT2D eigenvalue weighted by Crippen LogP contribution is -2.36. The predicted molar refractivity (Wildman–Crippen MR) is 109 cm³/mol. The monoisotopic (exact) mass is 406 g/mol. The summed E-state index contributed by atoms with van der Waals surface area (Å²) in [5.74, 6) is 1.06. The van der Waals surface area contributed by atoms with Gasteiger partial charge in [-0.15, -0.1) is 0 Å². The van der Waals surface area contributed by atoms with Gasteiger partial charge in [-0.25, -0.2) is 10.2 Å². The molecule has 0 bridgehead atoms. The lowest BCUT2D eigenvalue weighted by Gasteiger charge is -2.18. The molecule has 2 aliphatic rings. The minimum Gasteiger partial charge on any atom is -0.506 e. The normalized spacial score (nSPS) is 18.1. The largest absolute Gasteiger partial charge is 0.506 e. The first-order valence-corrected chi connectivity index (χ1v) is 9.36. The Morgan fingerprint density at radius 3 is 2.80 bits per heavy atom. The van der Waals surface area contributed by atoms with E-state index in [0.717, 1.165) is 5.56 Å². The molecule has 0 spiro atoms. The van der Waals surface area contributed by atoms with E-state index < -0.39 is 17.6 Å². The molecule has 9 nitrogen and oxygen atoms in total. The Labute approximate surface area is 170 Å². The van der Waals surface area contributed by atoms with Gasteiger partial charge >= 0.3 is 6.03 Å². The minimum atomic E-state index is -0.650. The third kappa shape index (κ3) is 2.87. The molecule has 1 aromatic heterocycles. The maximum absolute atomic E-state index is 13.1. The highest BCUT2D eigenvalue weighted by atomic mass is 16.7. The fourth-order valence-corrected chi connectivity index (χ4v) is 3.82. The van der Waals surface area contributed by atoms with E-state index in [1.807, 2.05) is 12.1 Å². The molecule has 1 atom stereocenters. The van der Waals surface area contributed by atoms with Gasteiger partial charge in [0.05, 0.1) is 17.3 Å². The third-order valence-corrected chi connectivity index (χ3v) is 5.35. The number of hydrazine groups is 1. The van der Waals surface area contributed by atoms with E-state index >= 15 is 0 Å². The summed E-state index contributed by atoms with van der Waals surface area (Å²) in [7, 11) is 1.62. The van der Waals surface area contributed by atoms with Crippen molar-refractivity contribution in [3.8, 4) is 17.2 Å².